The first-order chi connectivity index (χ1) is 12.3. The van der Waals surface area contributed by atoms with Crippen molar-refractivity contribution in [2.24, 2.45) is 0 Å². The minimum Gasteiger partial charge on any atom is -0.493 e. The number of hydrogen-bond acceptors (Lipinski definition) is 3. The van der Waals surface area contributed by atoms with Gasteiger partial charge in [0.25, 0.3) is 0 Å². The molecule has 1 fully saturated rings. The summed E-state index contributed by atoms with van der Waals surface area (Å²) >= 11 is 3.66. The van der Waals surface area contributed by atoms with Crippen LogP contribution in [0.5, 0.6) is 11.5 Å². The van der Waals surface area contributed by atoms with Gasteiger partial charge in [0.2, 0.25) is 0 Å². The average Bonchev–Trinajstić information content (AvgIpc) is 3.15. The molecule has 0 radical (unpaired) electrons. The van der Waals surface area contributed by atoms with Gasteiger partial charge in [-0.25, -0.2) is 0 Å². The number of benzene rings is 2. The molecular weight excluding hydrogens is 414 g/mol. The largest absolute Gasteiger partial charge is 0.493 e. The summed E-state index contributed by atoms with van der Waals surface area (Å²) in [6.07, 6.45) is 6.14. The van der Waals surface area contributed by atoms with Gasteiger partial charge in [-0.3, -0.25) is 0 Å². The maximum absolute atomic E-state index is 6.17. The molecular formula is C21H27BrClNO2. The Kier molecular flexibility index (Phi) is 8.76. The Bertz CT molecular complexity index is 675. The van der Waals surface area contributed by atoms with Gasteiger partial charge in [-0.15, -0.1) is 12.4 Å². The van der Waals surface area contributed by atoms with Gasteiger partial charge in [0, 0.05) is 6.54 Å². The first-order valence-corrected chi connectivity index (χ1v) is 9.83. The van der Waals surface area contributed by atoms with E-state index in [2.05, 4.69) is 63.7 Å². The summed E-state index contributed by atoms with van der Waals surface area (Å²) in [5.74, 6) is 1.64. The molecule has 0 bridgehead atoms. The quantitative estimate of drug-likeness (QED) is 0.547. The molecule has 0 amide bonds. The highest BCUT2D eigenvalue weighted by molar-refractivity contribution is 9.10. The van der Waals surface area contributed by atoms with Crippen molar-refractivity contribution in [3.63, 3.8) is 0 Å². The predicted octanol–water partition coefficient (Wildman–Crippen LogP) is 5.53. The molecule has 1 aliphatic carbocycles. The van der Waals surface area contributed by atoms with E-state index in [-0.39, 0.29) is 12.4 Å². The van der Waals surface area contributed by atoms with E-state index < -0.39 is 0 Å². The predicted molar refractivity (Wildman–Crippen MR) is 113 cm³/mol. The summed E-state index contributed by atoms with van der Waals surface area (Å²) in [4.78, 5) is 0. The van der Waals surface area contributed by atoms with Gasteiger partial charge in [-0.1, -0.05) is 30.3 Å². The molecule has 0 saturated heterocycles. The van der Waals surface area contributed by atoms with E-state index >= 15 is 0 Å². The molecule has 2 aromatic rings. The van der Waals surface area contributed by atoms with Crippen molar-refractivity contribution in [1.82, 2.24) is 5.32 Å². The van der Waals surface area contributed by atoms with E-state index in [0.29, 0.717) is 6.10 Å². The van der Waals surface area contributed by atoms with Crippen molar-refractivity contribution in [2.45, 2.75) is 44.8 Å². The summed E-state index contributed by atoms with van der Waals surface area (Å²) in [5, 5.41) is 3.50. The van der Waals surface area contributed by atoms with Crippen molar-refractivity contribution in [3.05, 3.63) is 58.1 Å². The highest BCUT2D eigenvalue weighted by atomic mass is 79.9. The third kappa shape index (κ3) is 5.90. The minimum absolute atomic E-state index is 0. The van der Waals surface area contributed by atoms with Crippen molar-refractivity contribution in [2.75, 3.05) is 13.7 Å². The summed E-state index contributed by atoms with van der Waals surface area (Å²) in [5.41, 5.74) is 2.55. The van der Waals surface area contributed by atoms with E-state index in [1.807, 2.05) is 0 Å². The molecule has 0 aromatic heterocycles. The van der Waals surface area contributed by atoms with Crippen LogP contribution in [0.4, 0.5) is 0 Å². The Labute approximate surface area is 171 Å². The van der Waals surface area contributed by atoms with Crippen LogP contribution in [0.15, 0.2) is 46.9 Å². The molecule has 3 nitrogen and oxygen atoms in total. The number of ether oxygens (including phenoxy) is 2. The maximum atomic E-state index is 6.17. The lowest BCUT2D eigenvalue weighted by molar-refractivity contribution is 0.199. The van der Waals surface area contributed by atoms with E-state index in [0.717, 1.165) is 48.3 Å². The van der Waals surface area contributed by atoms with Crippen molar-refractivity contribution >= 4 is 28.3 Å². The second kappa shape index (κ2) is 10.8. The van der Waals surface area contributed by atoms with Gasteiger partial charge < -0.3 is 14.8 Å². The SMILES string of the molecule is COc1cc(CNCCc2ccccc2)cc(Br)c1OC1CCCC1.Cl. The normalized spacial score (nSPS) is 14.1. The number of methoxy groups -OCH3 is 1. The van der Waals surface area contributed by atoms with Crippen LogP contribution in [0.2, 0.25) is 0 Å². The molecule has 26 heavy (non-hydrogen) atoms. The minimum atomic E-state index is 0. The second-order valence-corrected chi connectivity index (χ2v) is 7.40. The lowest BCUT2D eigenvalue weighted by atomic mass is 10.1. The summed E-state index contributed by atoms with van der Waals surface area (Å²) in [6, 6.07) is 14.7. The van der Waals surface area contributed by atoms with Crippen LogP contribution in [0.25, 0.3) is 0 Å². The molecule has 0 aliphatic heterocycles. The van der Waals surface area contributed by atoms with Crippen LogP contribution in [0, 0.1) is 0 Å². The topological polar surface area (TPSA) is 30.5 Å². The van der Waals surface area contributed by atoms with E-state index in [1.165, 1.54) is 24.0 Å². The van der Waals surface area contributed by atoms with Crippen LogP contribution in [-0.2, 0) is 13.0 Å². The summed E-state index contributed by atoms with van der Waals surface area (Å²) < 4.78 is 12.7. The van der Waals surface area contributed by atoms with Crippen molar-refractivity contribution in [3.8, 4) is 11.5 Å². The highest BCUT2D eigenvalue weighted by Gasteiger charge is 2.20. The number of rotatable bonds is 8. The van der Waals surface area contributed by atoms with Crippen LogP contribution >= 0.6 is 28.3 Å². The third-order valence-corrected chi connectivity index (χ3v) is 5.23. The first-order valence-electron chi connectivity index (χ1n) is 9.04. The fourth-order valence-electron chi connectivity index (χ4n) is 3.27. The Morgan fingerprint density at radius 2 is 1.81 bits per heavy atom. The van der Waals surface area contributed by atoms with Gasteiger partial charge in [0.05, 0.1) is 17.7 Å². The van der Waals surface area contributed by atoms with E-state index in [1.54, 1.807) is 7.11 Å². The molecule has 5 heteroatoms. The zero-order chi connectivity index (χ0) is 17.5. The van der Waals surface area contributed by atoms with Gasteiger partial charge in [-0.2, -0.15) is 0 Å². The van der Waals surface area contributed by atoms with Gasteiger partial charge >= 0.3 is 0 Å². The molecule has 2 aromatic carbocycles. The lowest BCUT2D eigenvalue weighted by Gasteiger charge is -2.18. The molecule has 0 unspecified atom stereocenters. The Balaban J connectivity index is 0.00000243. The molecule has 1 N–H and O–H groups in total. The smallest absolute Gasteiger partial charge is 0.175 e. The number of hydrogen-bond donors (Lipinski definition) is 1. The van der Waals surface area contributed by atoms with Gasteiger partial charge in [0.15, 0.2) is 11.5 Å². The highest BCUT2D eigenvalue weighted by Crippen LogP contribution is 2.39. The summed E-state index contributed by atoms with van der Waals surface area (Å²) in [6.45, 7) is 1.76. The molecule has 142 valence electrons. The molecule has 0 atom stereocenters. The Morgan fingerprint density at radius 3 is 2.50 bits per heavy atom. The zero-order valence-corrected chi connectivity index (χ0v) is 17.6. The standard InChI is InChI=1S/C21H26BrNO2.ClH/c1-24-20-14-17(15-23-12-11-16-7-3-2-4-8-16)13-19(22)21(20)25-18-9-5-6-10-18;/h2-4,7-8,13-14,18,23H,5-6,9-12,15H2,1H3;1H. The maximum Gasteiger partial charge on any atom is 0.175 e. The van der Waals surface area contributed by atoms with Crippen LogP contribution in [0.3, 0.4) is 0 Å². The van der Waals surface area contributed by atoms with E-state index in [4.69, 9.17) is 9.47 Å². The molecule has 0 heterocycles. The fraction of sp³-hybridized carbons (Fsp3) is 0.429. The van der Waals surface area contributed by atoms with Gasteiger partial charge in [-0.05, 0) is 77.8 Å². The Morgan fingerprint density at radius 1 is 1.08 bits per heavy atom. The first kappa shape index (κ1) is 21.1. The molecule has 1 saturated carbocycles. The van der Waals surface area contributed by atoms with Crippen molar-refractivity contribution in [1.29, 1.82) is 0 Å². The second-order valence-electron chi connectivity index (χ2n) is 6.55. The van der Waals surface area contributed by atoms with Crippen molar-refractivity contribution < 1.29 is 9.47 Å². The zero-order valence-electron chi connectivity index (χ0n) is 15.2. The lowest BCUT2D eigenvalue weighted by Crippen LogP contribution is -2.17. The van der Waals surface area contributed by atoms with Crippen LogP contribution in [0.1, 0.15) is 36.8 Å². The molecule has 0 spiro atoms. The van der Waals surface area contributed by atoms with Crippen LogP contribution in [-0.4, -0.2) is 19.8 Å². The monoisotopic (exact) mass is 439 g/mol. The summed E-state index contributed by atoms with van der Waals surface area (Å²) in [7, 11) is 1.70. The average molecular weight is 441 g/mol. The third-order valence-electron chi connectivity index (χ3n) is 4.64. The number of nitrogens with one attached hydrogen (secondary N) is 1. The Hall–Kier alpha value is -1.23. The van der Waals surface area contributed by atoms with E-state index in [9.17, 15) is 0 Å². The van der Waals surface area contributed by atoms with Gasteiger partial charge in [0.1, 0.15) is 0 Å². The fourth-order valence-corrected chi connectivity index (χ4v) is 3.86. The number of halogens is 2. The molecule has 3 rings (SSSR count). The van der Waals surface area contributed by atoms with Crippen LogP contribution < -0.4 is 14.8 Å². The molecule has 1 aliphatic rings.